The van der Waals surface area contributed by atoms with Crippen LogP contribution < -0.4 is 16.4 Å². The van der Waals surface area contributed by atoms with Crippen molar-refractivity contribution in [2.75, 3.05) is 17.6 Å². The number of carbonyl (C=O) groups is 2. The Morgan fingerprint density at radius 1 is 1.08 bits per heavy atom. The Bertz CT molecular complexity index is 714. The smallest absolute Gasteiger partial charge is 0.251 e. The van der Waals surface area contributed by atoms with E-state index in [1.165, 1.54) is 0 Å². The first-order valence-corrected chi connectivity index (χ1v) is 8.41. The van der Waals surface area contributed by atoms with Crippen LogP contribution in [0, 0.1) is 6.92 Å². The summed E-state index contributed by atoms with van der Waals surface area (Å²) in [4.78, 5) is 27.8. The van der Waals surface area contributed by atoms with Gasteiger partial charge in [-0.3, -0.25) is 9.59 Å². The highest BCUT2D eigenvalue weighted by molar-refractivity contribution is 5.94. The van der Waals surface area contributed by atoms with Crippen molar-refractivity contribution < 1.29 is 9.59 Å². The van der Waals surface area contributed by atoms with E-state index < -0.39 is 0 Å². The summed E-state index contributed by atoms with van der Waals surface area (Å²) in [5, 5.41) is 5.59. The van der Waals surface area contributed by atoms with E-state index in [1.807, 2.05) is 31.2 Å². The van der Waals surface area contributed by atoms with Crippen molar-refractivity contribution in [3.63, 3.8) is 0 Å². The number of carbonyl (C=O) groups excluding carboxylic acids is 2. The molecule has 0 aliphatic rings. The number of rotatable bonds is 8. The van der Waals surface area contributed by atoms with E-state index in [-0.39, 0.29) is 11.8 Å². The predicted molar refractivity (Wildman–Crippen MR) is 99.3 cm³/mol. The number of amides is 2. The van der Waals surface area contributed by atoms with E-state index in [0.29, 0.717) is 30.0 Å². The Balaban J connectivity index is 1.58. The third kappa shape index (κ3) is 6.25. The van der Waals surface area contributed by atoms with E-state index in [2.05, 4.69) is 15.6 Å². The fourth-order valence-corrected chi connectivity index (χ4v) is 2.31. The maximum atomic E-state index is 11.9. The zero-order chi connectivity index (χ0) is 18.1. The third-order valence-electron chi connectivity index (χ3n) is 3.78. The van der Waals surface area contributed by atoms with Crippen molar-refractivity contribution in [1.29, 1.82) is 0 Å². The quantitative estimate of drug-likeness (QED) is 0.644. The monoisotopic (exact) mass is 340 g/mol. The van der Waals surface area contributed by atoms with Crippen LogP contribution in [0.15, 0.2) is 42.6 Å². The molecule has 2 rings (SSSR count). The van der Waals surface area contributed by atoms with Crippen LogP contribution in [0.3, 0.4) is 0 Å². The molecule has 1 heterocycles. The predicted octanol–water partition coefficient (Wildman–Crippen LogP) is 2.90. The van der Waals surface area contributed by atoms with Gasteiger partial charge in [0, 0.05) is 24.7 Å². The van der Waals surface area contributed by atoms with Crippen molar-refractivity contribution in [3.8, 4) is 0 Å². The second kappa shape index (κ2) is 9.42. The number of pyridine rings is 1. The largest absolute Gasteiger partial charge is 0.396 e. The number of nitrogens with one attached hydrogen (secondary N) is 2. The average molecular weight is 340 g/mol. The van der Waals surface area contributed by atoms with Crippen LogP contribution in [-0.2, 0) is 4.79 Å². The molecule has 6 heteroatoms. The van der Waals surface area contributed by atoms with Gasteiger partial charge in [0.05, 0.1) is 5.69 Å². The summed E-state index contributed by atoms with van der Waals surface area (Å²) in [6.07, 6.45) is 4.43. The molecule has 0 radical (unpaired) electrons. The van der Waals surface area contributed by atoms with Gasteiger partial charge in [-0.25, -0.2) is 4.98 Å². The molecule has 0 saturated carbocycles. The molecule has 0 aliphatic carbocycles. The minimum absolute atomic E-state index is 0.0663. The molecule has 4 N–H and O–H groups in total. The second-order valence-electron chi connectivity index (χ2n) is 5.92. The molecule has 132 valence electrons. The first-order valence-electron chi connectivity index (χ1n) is 8.41. The molecule has 2 aromatic rings. The van der Waals surface area contributed by atoms with Crippen LogP contribution in [0.4, 0.5) is 11.5 Å². The summed E-state index contributed by atoms with van der Waals surface area (Å²) in [5.74, 6) is 0.232. The lowest BCUT2D eigenvalue weighted by Crippen LogP contribution is -2.24. The van der Waals surface area contributed by atoms with Gasteiger partial charge >= 0.3 is 0 Å². The van der Waals surface area contributed by atoms with Crippen LogP contribution in [0.25, 0.3) is 0 Å². The highest BCUT2D eigenvalue weighted by Gasteiger charge is 2.06. The van der Waals surface area contributed by atoms with Gasteiger partial charge in [0.2, 0.25) is 5.91 Å². The highest BCUT2D eigenvalue weighted by Crippen LogP contribution is 2.13. The molecule has 0 atom stereocenters. The first kappa shape index (κ1) is 18.4. The lowest BCUT2D eigenvalue weighted by atomic mass is 10.1. The Morgan fingerprint density at radius 2 is 1.84 bits per heavy atom. The Hall–Kier alpha value is -2.89. The summed E-state index contributed by atoms with van der Waals surface area (Å²) in [5.41, 5.74) is 7.98. The van der Waals surface area contributed by atoms with E-state index in [4.69, 9.17) is 5.73 Å². The van der Waals surface area contributed by atoms with Crippen LogP contribution in [-0.4, -0.2) is 23.3 Å². The second-order valence-corrected chi connectivity index (χ2v) is 5.92. The summed E-state index contributed by atoms with van der Waals surface area (Å²) < 4.78 is 0. The lowest BCUT2D eigenvalue weighted by Gasteiger charge is -2.07. The van der Waals surface area contributed by atoms with Gasteiger partial charge in [0.1, 0.15) is 0 Å². The summed E-state index contributed by atoms with van der Waals surface area (Å²) in [7, 11) is 0. The number of benzene rings is 1. The van der Waals surface area contributed by atoms with Crippen LogP contribution in [0.5, 0.6) is 0 Å². The average Bonchev–Trinajstić information content (AvgIpc) is 2.60. The molecule has 0 spiro atoms. The number of nitrogen functional groups attached to an aromatic ring is 1. The molecular weight excluding hydrogens is 316 g/mol. The summed E-state index contributed by atoms with van der Waals surface area (Å²) >= 11 is 0. The van der Waals surface area contributed by atoms with Crippen LogP contribution >= 0.6 is 0 Å². The van der Waals surface area contributed by atoms with Gasteiger partial charge in [0.25, 0.3) is 5.91 Å². The van der Waals surface area contributed by atoms with Crippen molar-refractivity contribution in [2.24, 2.45) is 0 Å². The maximum Gasteiger partial charge on any atom is 0.251 e. The molecule has 25 heavy (non-hydrogen) atoms. The minimum atomic E-state index is -0.103. The number of hydrogen-bond donors (Lipinski definition) is 3. The van der Waals surface area contributed by atoms with Gasteiger partial charge in [-0.2, -0.15) is 0 Å². The van der Waals surface area contributed by atoms with E-state index >= 15 is 0 Å². The maximum absolute atomic E-state index is 11.9. The number of hydrogen-bond acceptors (Lipinski definition) is 4. The Labute approximate surface area is 147 Å². The standard InChI is InChI=1S/C19H24N4O2/c1-14-8-10-15(11-9-14)19(25)22-12-4-2-3-7-17(24)23-18-16(20)6-5-13-21-18/h5-6,8-11,13H,2-4,7,12,20H2,1H3,(H,22,25)(H,21,23,24). The number of anilines is 2. The molecular formula is C19H24N4O2. The number of nitrogens with two attached hydrogens (primary N) is 1. The van der Waals surface area contributed by atoms with E-state index in [9.17, 15) is 9.59 Å². The van der Waals surface area contributed by atoms with Gasteiger partial charge in [-0.15, -0.1) is 0 Å². The van der Waals surface area contributed by atoms with Gasteiger partial charge in [0.15, 0.2) is 5.82 Å². The Morgan fingerprint density at radius 3 is 2.56 bits per heavy atom. The molecule has 0 fully saturated rings. The van der Waals surface area contributed by atoms with Gasteiger partial charge in [-0.1, -0.05) is 24.1 Å². The van der Waals surface area contributed by atoms with Crippen molar-refractivity contribution >= 4 is 23.3 Å². The molecule has 1 aromatic carbocycles. The minimum Gasteiger partial charge on any atom is -0.396 e. The summed E-state index contributed by atoms with van der Waals surface area (Å²) in [6, 6.07) is 10.9. The summed E-state index contributed by atoms with van der Waals surface area (Å²) in [6.45, 7) is 2.58. The van der Waals surface area contributed by atoms with E-state index in [1.54, 1.807) is 18.3 Å². The number of aromatic nitrogens is 1. The molecule has 0 aliphatic heterocycles. The molecule has 0 unspecified atom stereocenters. The number of aryl methyl sites for hydroxylation is 1. The molecule has 2 amide bonds. The zero-order valence-corrected chi connectivity index (χ0v) is 14.4. The number of nitrogens with zero attached hydrogens (tertiary/aromatic N) is 1. The number of unbranched alkanes of at least 4 members (excludes halogenated alkanes) is 2. The highest BCUT2D eigenvalue weighted by atomic mass is 16.2. The van der Waals surface area contributed by atoms with Crippen LogP contribution in [0.2, 0.25) is 0 Å². The lowest BCUT2D eigenvalue weighted by molar-refractivity contribution is -0.116. The molecule has 0 saturated heterocycles. The van der Waals surface area contributed by atoms with Crippen molar-refractivity contribution in [3.05, 3.63) is 53.7 Å². The Kier molecular flexibility index (Phi) is 6.95. The van der Waals surface area contributed by atoms with E-state index in [0.717, 1.165) is 24.8 Å². The van der Waals surface area contributed by atoms with Crippen LogP contribution in [0.1, 0.15) is 41.6 Å². The van der Waals surface area contributed by atoms with Crippen molar-refractivity contribution in [2.45, 2.75) is 32.6 Å². The first-order chi connectivity index (χ1) is 12.1. The molecule has 1 aromatic heterocycles. The third-order valence-corrected chi connectivity index (χ3v) is 3.78. The fourth-order valence-electron chi connectivity index (χ4n) is 2.31. The fraction of sp³-hybridized carbons (Fsp3) is 0.316. The SMILES string of the molecule is Cc1ccc(C(=O)NCCCCCC(=O)Nc2ncccc2N)cc1. The molecule has 0 bridgehead atoms. The zero-order valence-electron chi connectivity index (χ0n) is 14.4. The normalized spacial score (nSPS) is 10.3. The molecule has 6 nitrogen and oxygen atoms in total. The van der Waals surface area contributed by atoms with Crippen molar-refractivity contribution in [1.82, 2.24) is 10.3 Å². The topological polar surface area (TPSA) is 97.1 Å². The van der Waals surface area contributed by atoms with Gasteiger partial charge < -0.3 is 16.4 Å². The van der Waals surface area contributed by atoms with Gasteiger partial charge in [-0.05, 0) is 44.0 Å².